The number of anilines is 1. The van der Waals surface area contributed by atoms with Crippen LogP contribution in [0.3, 0.4) is 0 Å². The van der Waals surface area contributed by atoms with E-state index in [0.717, 1.165) is 12.8 Å². The number of ketones is 1. The van der Waals surface area contributed by atoms with Gasteiger partial charge in [0.25, 0.3) is 15.9 Å². The molecule has 0 spiro atoms. The molecule has 1 amide bonds. The summed E-state index contributed by atoms with van der Waals surface area (Å²) in [6, 6.07) is 11.9. The van der Waals surface area contributed by atoms with E-state index in [2.05, 4.69) is 10.0 Å². The van der Waals surface area contributed by atoms with Crippen LogP contribution in [-0.2, 0) is 10.0 Å². The average Bonchev–Trinajstić information content (AvgIpc) is 2.62. The quantitative estimate of drug-likeness (QED) is 0.548. The Morgan fingerprint density at radius 1 is 0.923 bits per heavy atom. The summed E-state index contributed by atoms with van der Waals surface area (Å²) >= 11 is 0. The highest BCUT2D eigenvalue weighted by atomic mass is 32.2. The molecule has 26 heavy (non-hydrogen) atoms. The Morgan fingerprint density at radius 3 is 2.04 bits per heavy atom. The number of sulfonamides is 1. The van der Waals surface area contributed by atoms with Gasteiger partial charge in [-0.2, -0.15) is 0 Å². The molecule has 0 fully saturated rings. The summed E-state index contributed by atoms with van der Waals surface area (Å²) in [5.74, 6) is -0.317. The van der Waals surface area contributed by atoms with Crippen molar-refractivity contribution in [1.82, 2.24) is 5.32 Å². The number of unbranched alkanes of at least 4 members (excludes halogenated alkanes) is 1. The first kappa shape index (κ1) is 19.7. The van der Waals surface area contributed by atoms with Crippen LogP contribution in [0.15, 0.2) is 53.4 Å². The van der Waals surface area contributed by atoms with E-state index in [9.17, 15) is 18.0 Å². The third kappa shape index (κ3) is 5.16. The molecule has 0 unspecified atom stereocenters. The van der Waals surface area contributed by atoms with E-state index < -0.39 is 10.0 Å². The van der Waals surface area contributed by atoms with Crippen LogP contribution >= 0.6 is 0 Å². The van der Waals surface area contributed by atoms with Crippen molar-refractivity contribution in [3.8, 4) is 0 Å². The molecule has 0 saturated carbocycles. The molecule has 2 N–H and O–H groups in total. The summed E-state index contributed by atoms with van der Waals surface area (Å²) in [5.41, 5.74) is 1.27. The number of benzene rings is 2. The first-order valence-corrected chi connectivity index (χ1v) is 9.84. The molecular formula is C19H22N2O4S. The van der Waals surface area contributed by atoms with Gasteiger partial charge in [-0.15, -0.1) is 0 Å². The molecule has 0 atom stereocenters. The number of carbonyl (C=O) groups is 2. The van der Waals surface area contributed by atoms with Crippen LogP contribution in [0.4, 0.5) is 5.69 Å². The molecule has 7 heteroatoms. The van der Waals surface area contributed by atoms with Gasteiger partial charge in [-0.05, 0) is 61.9 Å². The van der Waals surface area contributed by atoms with Crippen LogP contribution in [0.5, 0.6) is 0 Å². The van der Waals surface area contributed by atoms with Gasteiger partial charge >= 0.3 is 0 Å². The van der Waals surface area contributed by atoms with Crippen molar-refractivity contribution in [3.05, 3.63) is 59.7 Å². The topological polar surface area (TPSA) is 92.3 Å². The molecular weight excluding hydrogens is 352 g/mol. The minimum absolute atomic E-state index is 0.0539. The monoisotopic (exact) mass is 374 g/mol. The van der Waals surface area contributed by atoms with E-state index >= 15 is 0 Å². The molecule has 0 aliphatic heterocycles. The fourth-order valence-electron chi connectivity index (χ4n) is 2.25. The molecule has 0 aliphatic rings. The van der Waals surface area contributed by atoms with E-state index in [0.29, 0.717) is 23.4 Å². The van der Waals surface area contributed by atoms with Crippen LogP contribution < -0.4 is 10.0 Å². The maximum Gasteiger partial charge on any atom is 0.261 e. The number of amides is 1. The minimum Gasteiger partial charge on any atom is -0.352 e. The Balaban J connectivity index is 2.09. The van der Waals surface area contributed by atoms with Gasteiger partial charge < -0.3 is 5.32 Å². The molecule has 6 nitrogen and oxygen atoms in total. The molecule has 0 saturated heterocycles. The Morgan fingerprint density at radius 2 is 1.50 bits per heavy atom. The molecule has 0 aromatic heterocycles. The van der Waals surface area contributed by atoms with Crippen molar-refractivity contribution in [2.24, 2.45) is 0 Å². The van der Waals surface area contributed by atoms with Crippen molar-refractivity contribution in [1.29, 1.82) is 0 Å². The number of hydrogen-bond acceptors (Lipinski definition) is 4. The van der Waals surface area contributed by atoms with E-state index in [1.54, 1.807) is 12.1 Å². The fourth-order valence-corrected chi connectivity index (χ4v) is 3.31. The van der Waals surface area contributed by atoms with Crippen LogP contribution in [0.25, 0.3) is 0 Å². The van der Waals surface area contributed by atoms with Crippen molar-refractivity contribution in [3.63, 3.8) is 0 Å². The van der Waals surface area contributed by atoms with E-state index in [-0.39, 0.29) is 16.6 Å². The van der Waals surface area contributed by atoms with E-state index in [1.165, 1.54) is 43.3 Å². The molecule has 2 rings (SSSR count). The van der Waals surface area contributed by atoms with Crippen molar-refractivity contribution < 1.29 is 18.0 Å². The second-order valence-corrected chi connectivity index (χ2v) is 7.56. The lowest BCUT2D eigenvalue weighted by molar-refractivity contribution is 0.0952. The summed E-state index contributed by atoms with van der Waals surface area (Å²) in [6.45, 7) is 4.07. The van der Waals surface area contributed by atoms with Crippen LogP contribution in [0.1, 0.15) is 47.4 Å². The van der Waals surface area contributed by atoms with Gasteiger partial charge in [-0.3, -0.25) is 14.3 Å². The predicted octanol–water partition coefficient (Wildman–Crippen LogP) is 3.22. The van der Waals surface area contributed by atoms with Crippen molar-refractivity contribution in [2.75, 3.05) is 11.3 Å². The Kier molecular flexibility index (Phi) is 6.52. The summed E-state index contributed by atoms with van der Waals surface area (Å²) < 4.78 is 27.3. The Labute approximate surface area is 153 Å². The lowest BCUT2D eigenvalue weighted by Gasteiger charge is -2.09. The number of Topliss-reactive ketones (excluding diaryl/α,β-unsaturated/α-hetero) is 1. The highest BCUT2D eigenvalue weighted by Crippen LogP contribution is 2.17. The maximum absolute atomic E-state index is 12.4. The van der Waals surface area contributed by atoms with Crippen LogP contribution in [0.2, 0.25) is 0 Å². The van der Waals surface area contributed by atoms with Gasteiger partial charge in [-0.1, -0.05) is 13.3 Å². The molecule has 2 aromatic rings. The van der Waals surface area contributed by atoms with Gasteiger partial charge in [0.2, 0.25) is 0 Å². The smallest absolute Gasteiger partial charge is 0.261 e. The second kappa shape index (κ2) is 8.62. The Hall–Kier alpha value is -2.67. The minimum atomic E-state index is -3.78. The zero-order valence-corrected chi connectivity index (χ0v) is 15.6. The van der Waals surface area contributed by atoms with Gasteiger partial charge in [-0.25, -0.2) is 8.42 Å². The molecule has 0 radical (unpaired) electrons. The standard InChI is InChI=1S/C19H22N2O4S/c1-3-4-13-20-19(23)16-7-11-18(12-8-16)26(24,25)21-17-9-5-15(6-10-17)14(2)22/h5-12,21H,3-4,13H2,1-2H3,(H,20,23). The number of nitrogens with one attached hydrogen (secondary N) is 2. The fraction of sp³-hybridized carbons (Fsp3) is 0.263. The van der Waals surface area contributed by atoms with Crippen molar-refractivity contribution >= 4 is 27.4 Å². The van der Waals surface area contributed by atoms with Gasteiger partial charge in [0.15, 0.2) is 5.78 Å². The molecule has 0 aliphatic carbocycles. The summed E-state index contributed by atoms with van der Waals surface area (Å²) in [6.07, 6.45) is 1.88. The van der Waals surface area contributed by atoms with Crippen LogP contribution in [-0.4, -0.2) is 26.7 Å². The highest BCUT2D eigenvalue weighted by Gasteiger charge is 2.15. The summed E-state index contributed by atoms with van der Waals surface area (Å²) in [4.78, 5) is 23.3. The van der Waals surface area contributed by atoms with Gasteiger partial charge in [0, 0.05) is 23.4 Å². The van der Waals surface area contributed by atoms with Gasteiger partial charge in [0.05, 0.1) is 4.90 Å². The zero-order chi connectivity index (χ0) is 19.2. The average molecular weight is 374 g/mol. The number of carbonyl (C=O) groups excluding carboxylic acids is 2. The summed E-state index contributed by atoms with van der Waals surface area (Å²) in [7, 11) is -3.78. The third-order valence-electron chi connectivity index (χ3n) is 3.79. The highest BCUT2D eigenvalue weighted by molar-refractivity contribution is 7.92. The first-order chi connectivity index (χ1) is 12.3. The predicted molar refractivity (Wildman–Crippen MR) is 101 cm³/mol. The number of rotatable bonds is 8. The van der Waals surface area contributed by atoms with Crippen molar-refractivity contribution in [2.45, 2.75) is 31.6 Å². The molecule has 0 heterocycles. The zero-order valence-electron chi connectivity index (χ0n) is 14.8. The summed E-state index contributed by atoms with van der Waals surface area (Å²) in [5, 5.41) is 2.78. The molecule has 138 valence electrons. The molecule has 0 bridgehead atoms. The van der Waals surface area contributed by atoms with Crippen LogP contribution in [0, 0.1) is 0 Å². The SMILES string of the molecule is CCCCNC(=O)c1ccc(S(=O)(=O)Nc2ccc(C(C)=O)cc2)cc1. The lowest BCUT2D eigenvalue weighted by Crippen LogP contribution is -2.24. The lowest BCUT2D eigenvalue weighted by atomic mass is 10.1. The second-order valence-electron chi connectivity index (χ2n) is 5.87. The van der Waals surface area contributed by atoms with E-state index in [1.807, 2.05) is 6.92 Å². The van der Waals surface area contributed by atoms with Gasteiger partial charge in [0.1, 0.15) is 0 Å². The largest absolute Gasteiger partial charge is 0.352 e. The number of hydrogen-bond donors (Lipinski definition) is 2. The third-order valence-corrected chi connectivity index (χ3v) is 5.18. The first-order valence-electron chi connectivity index (χ1n) is 8.35. The van der Waals surface area contributed by atoms with E-state index in [4.69, 9.17) is 0 Å². The normalized spacial score (nSPS) is 11.0. The Bertz CT molecular complexity index is 873. The molecule has 2 aromatic carbocycles. The maximum atomic E-state index is 12.4.